The predicted octanol–water partition coefficient (Wildman–Crippen LogP) is 4.55. The van der Waals surface area contributed by atoms with E-state index in [-0.39, 0.29) is 11.3 Å². The van der Waals surface area contributed by atoms with Crippen LogP contribution in [-0.2, 0) is 18.4 Å². The predicted molar refractivity (Wildman–Crippen MR) is 122 cm³/mol. The lowest BCUT2D eigenvalue weighted by atomic mass is 9.53. The lowest BCUT2D eigenvalue weighted by Crippen LogP contribution is -2.49. The molecule has 0 saturated heterocycles. The summed E-state index contributed by atoms with van der Waals surface area (Å²) in [5.74, 6) is 6.41. The van der Waals surface area contributed by atoms with Crippen molar-refractivity contribution in [2.75, 3.05) is 0 Å². The molecule has 0 bridgehead atoms. The van der Waals surface area contributed by atoms with Gasteiger partial charge in [-0.05, 0) is 97.7 Å². The quantitative estimate of drug-likeness (QED) is 0.703. The summed E-state index contributed by atoms with van der Waals surface area (Å²) in [6.07, 6.45) is 10.1. The maximum absolute atomic E-state index is 12.8. The second-order valence-corrected chi connectivity index (χ2v) is 9.16. The summed E-state index contributed by atoms with van der Waals surface area (Å²) in [6, 6.07) is 10.1. The Hall–Kier alpha value is -2.64. The van der Waals surface area contributed by atoms with Gasteiger partial charge in [0.2, 0.25) is 0 Å². The van der Waals surface area contributed by atoms with E-state index in [1.807, 2.05) is 25.1 Å². The Labute approximate surface area is 185 Å². The van der Waals surface area contributed by atoms with Crippen LogP contribution in [0.5, 0.6) is 0 Å². The number of aromatic nitrogens is 1. The molecule has 1 saturated carbocycles. The van der Waals surface area contributed by atoms with Crippen LogP contribution in [0.1, 0.15) is 79.4 Å². The van der Waals surface area contributed by atoms with Gasteiger partial charge in [0.15, 0.2) is 0 Å². The number of rotatable bonds is 5. The van der Waals surface area contributed by atoms with Crippen molar-refractivity contribution in [3.8, 4) is 11.8 Å². The first-order valence-electron chi connectivity index (χ1n) is 11.5. The zero-order valence-corrected chi connectivity index (χ0v) is 18.6. The Balaban J connectivity index is 1.57. The zero-order chi connectivity index (χ0) is 21.9. The van der Waals surface area contributed by atoms with Gasteiger partial charge >= 0.3 is 0 Å². The van der Waals surface area contributed by atoms with E-state index in [9.17, 15) is 9.90 Å². The maximum Gasteiger partial charge on any atom is 0.251 e. The SMILES string of the molecule is CC#C[C@@]1(O)CC[C@@]2(CCC)c3ccc(C(=O)NCc4ccncc4)cc3CC[C@@H]2C1. The Morgan fingerprint density at radius 1 is 1.26 bits per heavy atom. The van der Waals surface area contributed by atoms with Crippen LogP contribution in [0.2, 0.25) is 0 Å². The highest BCUT2D eigenvalue weighted by molar-refractivity contribution is 5.94. The van der Waals surface area contributed by atoms with Crippen LogP contribution < -0.4 is 5.32 Å². The average Bonchev–Trinajstić information content (AvgIpc) is 2.78. The number of fused-ring (bicyclic) bond motifs is 3. The van der Waals surface area contributed by atoms with Crippen molar-refractivity contribution in [2.24, 2.45) is 5.92 Å². The molecule has 31 heavy (non-hydrogen) atoms. The van der Waals surface area contributed by atoms with E-state index in [2.05, 4.69) is 41.2 Å². The van der Waals surface area contributed by atoms with Crippen LogP contribution >= 0.6 is 0 Å². The van der Waals surface area contributed by atoms with Crippen LogP contribution in [-0.4, -0.2) is 21.6 Å². The summed E-state index contributed by atoms with van der Waals surface area (Å²) in [5, 5.41) is 14.0. The van der Waals surface area contributed by atoms with Gasteiger partial charge in [-0.25, -0.2) is 0 Å². The molecule has 4 nitrogen and oxygen atoms in total. The molecule has 4 rings (SSSR count). The second kappa shape index (κ2) is 8.85. The number of hydrogen-bond donors (Lipinski definition) is 2. The Morgan fingerprint density at radius 3 is 2.81 bits per heavy atom. The van der Waals surface area contributed by atoms with Crippen molar-refractivity contribution in [1.29, 1.82) is 0 Å². The number of amides is 1. The molecule has 0 radical (unpaired) electrons. The molecule has 162 valence electrons. The van der Waals surface area contributed by atoms with Crippen molar-refractivity contribution in [1.82, 2.24) is 10.3 Å². The first-order valence-corrected chi connectivity index (χ1v) is 11.5. The van der Waals surface area contributed by atoms with Gasteiger partial charge in [-0.15, -0.1) is 5.92 Å². The van der Waals surface area contributed by atoms with Gasteiger partial charge in [0.1, 0.15) is 5.60 Å². The highest BCUT2D eigenvalue weighted by Gasteiger charge is 2.50. The number of carbonyl (C=O) groups excluding carboxylic acids is 1. The Bertz CT molecular complexity index is 1010. The smallest absolute Gasteiger partial charge is 0.251 e. The summed E-state index contributed by atoms with van der Waals surface area (Å²) >= 11 is 0. The molecule has 2 aromatic rings. The molecule has 0 spiro atoms. The second-order valence-electron chi connectivity index (χ2n) is 9.16. The fraction of sp³-hybridized carbons (Fsp3) is 0.481. The normalized spacial score (nSPS) is 26.7. The van der Waals surface area contributed by atoms with Crippen LogP contribution in [0.4, 0.5) is 0 Å². The van der Waals surface area contributed by atoms with Crippen molar-refractivity contribution < 1.29 is 9.90 Å². The van der Waals surface area contributed by atoms with Gasteiger partial charge in [-0.3, -0.25) is 9.78 Å². The van der Waals surface area contributed by atoms with Crippen LogP contribution in [0, 0.1) is 17.8 Å². The summed E-state index contributed by atoms with van der Waals surface area (Å²) in [7, 11) is 0. The minimum absolute atomic E-state index is 0.0393. The van der Waals surface area contributed by atoms with Crippen molar-refractivity contribution >= 4 is 5.91 Å². The number of carbonyl (C=O) groups is 1. The van der Waals surface area contributed by atoms with Crippen LogP contribution in [0.25, 0.3) is 0 Å². The van der Waals surface area contributed by atoms with E-state index in [0.717, 1.165) is 56.1 Å². The van der Waals surface area contributed by atoms with E-state index in [4.69, 9.17) is 0 Å². The Kier molecular flexibility index (Phi) is 6.16. The van der Waals surface area contributed by atoms with Gasteiger partial charge in [0.05, 0.1) is 0 Å². The van der Waals surface area contributed by atoms with Gasteiger partial charge in [-0.2, -0.15) is 0 Å². The number of nitrogens with zero attached hydrogens (tertiary/aromatic N) is 1. The van der Waals surface area contributed by atoms with Crippen LogP contribution in [0.3, 0.4) is 0 Å². The number of pyridine rings is 1. The largest absolute Gasteiger partial charge is 0.378 e. The summed E-state index contributed by atoms with van der Waals surface area (Å²) in [6.45, 7) is 4.55. The van der Waals surface area contributed by atoms with E-state index in [0.29, 0.717) is 12.5 Å². The third-order valence-electron chi connectivity index (χ3n) is 7.27. The van der Waals surface area contributed by atoms with Crippen molar-refractivity contribution in [2.45, 2.75) is 76.4 Å². The monoisotopic (exact) mass is 416 g/mol. The van der Waals surface area contributed by atoms with E-state index in [1.165, 1.54) is 11.1 Å². The minimum Gasteiger partial charge on any atom is -0.378 e. The molecule has 1 amide bonds. The number of aliphatic hydroxyl groups is 1. The first-order chi connectivity index (χ1) is 15.0. The van der Waals surface area contributed by atoms with Gasteiger partial charge in [0, 0.05) is 24.5 Å². The van der Waals surface area contributed by atoms with Gasteiger partial charge < -0.3 is 10.4 Å². The standard InChI is InChI=1S/C27H32N2O2/c1-3-11-26(31)13-14-27(12-4-2)23(18-26)7-5-21-17-22(6-8-24(21)27)25(30)29-19-20-9-15-28-16-10-20/h6,8-10,15-17,23,31H,4-5,7,12-14,18-19H2,1-2H3,(H,29,30)/t23-,26-,27-/m1/s1. The number of hydrogen-bond acceptors (Lipinski definition) is 3. The molecule has 2 aliphatic carbocycles. The fourth-order valence-electron chi connectivity index (χ4n) is 5.87. The molecule has 0 unspecified atom stereocenters. The summed E-state index contributed by atoms with van der Waals surface area (Å²) < 4.78 is 0. The lowest BCUT2D eigenvalue weighted by Gasteiger charge is -2.52. The third-order valence-corrected chi connectivity index (χ3v) is 7.27. The molecule has 2 aliphatic rings. The molecular formula is C27H32N2O2. The molecule has 1 aromatic heterocycles. The maximum atomic E-state index is 12.8. The topological polar surface area (TPSA) is 62.2 Å². The first kappa shape index (κ1) is 21.6. The average molecular weight is 417 g/mol. The third kappa shape index (κ3) is 4.25. The summed E-state index contributed by atoms with van der Waals surface area (Å²) in [4.78, 5) is 16.8. The zero-order valence-electron chi connectivity index (χ0n) is 18.6. The molecule has 1 aromatic carbocycles. The van der Waals surface area contributed by atoms with Crippen molar-refractivity contribution in [3.05, 3.63) is 65.0 Å². The molecule has 4 heteroatoms. The van der Waals surface area contributed by atoms with Crippen LogP contribution in [0.15, 0.2) is 42.7 Å². The van der Waals surface area contributed by atoms with E-state index < -0.39 is 5.60 Å². The number of aryl methyl sites for hydroxylation is 1. The molecule has 0 aliphatic heterocycles. The van der Waals surface area contributed by atoms with Crippen molar-refractivity contribution in [3.63, 3.8) is 0 Å². The van der Waals surface area contributed by atoms with E-state index >= 15 is 0 Å². The highest BCUT2D eigenvalue weighted by Crippen LogP contribution is 2.54. The molecule has 1 fully saturated rings. The number of benzene rings is 1. The molecule has 3 atom stereocenters. The lowest BCUT2D eigenvalue weighted by molar-refractivity contribution is -0.0109. The van der Waals surface area contributed by atoms with Gasteiger partial charge in [-0.1, -0.05) is 25.3 Å². The highest BCUT2D eigenvalue weighted by atomic mass is 16.3. The molecular weight excluding hydrogens is 384 g/mol. The summed E-state index contributed by atoms with van der Waals surface area (Å²) in [5.41, 5.74) is 3.70. The number of nitrogens with one attached hydrogen (secondary N) is 1. The minimum atomic E-state index is -0.846. The van der Waals surface area contributed by atoms with Gasteiger partial charge in [0.25, 0.3) is 5.91 Å². The fourth-order valence-corrected chi connectivity index (χ4v) is 5.87. The Morgan fingerprint density at radius 2 is 2.06 bits per heavy atom. The molecule has 2 N–H and O–H groups in total. The molecule has 1 heterocycles. The van der Waals surface area contributed by atoms with E-state index in [1.54, 1.807) is 12.4 Å².